The van der Waals surface area contributed by atoms with Crippen LogP contribution in [-0.4, -0.2) is 47.4 Å². The molecule has 0 bridgehead atoms. The Morgan fingerprint density at radius 2 is 1.76 bits per heavy atom. The van der Waals surface area contributed by atoms with Crippen molar-refractivity contribution < 1.29 is 35.2 Å². The van der Waals surface area contributed by atoms with E-state index in [0.717, 1.165) is 36.7 Å². The van der Waals surface area contributed by atoms with Crippen molar-refractivity contribution in [3.05, 3.63) is 77.6 Å². The van der Waals surface area contributed by atoms with Gasteiger partial charge in [0.25, 0.3) is 0 Å². The highest BCUT2D eigenvalue weighted by molar-refractivity contribution is 7.89. The van der Waals surface area contributed by atoms with Crippen LogP contribution in [0, 0.1) is 17.1 Å². The van der Waals surface area contributed by atoms with Crippen molar-refractivity contribution in [2.24, 2.45) is 0 Å². The van der Waals surface area contributed by atoms with E-state index >= 15 is 0 Å². The van der Waals surface area contributed by atoms with E-state index in [0.29, 0.717) is 9.87 Å². The molecule has 0 aliphatic carbocycles. The molecule has 0 saturated carbocycles. The summed E-state index contributed by atoms with van der Waals surface area (Å²) in [6.07, 6.45) is -4.83. The lowest BCUT2D eigenvalue weighted by molar-refractivity contribution is -0.145. The Morgan fingerprint density at radius 3 is 2.37 bits per heavy atom. The first kappa shape index (κ1) is 27.1. The van der Waals surface area contributed by atoms with Crippen LogP contribution in [0.15, 0.2) is 59.8 Å². The Kier molecular flexibility index (Phi) is 7.43. The lowest BCUT2D eigenvalue weighted by atomic mass is 10.0. The molecule has 14 heteroatoms. The number of nitrogens with zero attached hydrogens (tertiary/aromatic N) is 4. The molecular weight excluding hydrogens is 533 g/mol. The maximum absolute atomic E-state index is 14.7. The van der Waals surface area contributed by atoms with Gasteiger partial charge >= 0.3 is 6.18 Å². The van der Waals surface area contributed by atoms with E-state index in [1.54, 1.807) is 0 Å². The zero-order valence-corrected chi connectivity index (χ0v) is 20.1. The van der Waals surface area contributed by atoms with Crippen molar-refractivity contribution in [3.63, 3.8) is 0 Å². The molecule has 4 rings (SSSR count). The summed E-state index contributed by atoms with van der Waals surface area (Å²) in [5, 5.41) is 11.9. The van der Waals surface area contributed by atoms with Crippen LogP contribution in [0.1, 0.15) is 23.4 Å². The number of hydrogen-bond acceptors (Lipinski definition) is 6. The Labute approximate surface area is 213 Å². The molecule has 1 saturated heterocycles. The highest BCUT2D eigenvalue weighted by Crippen LogP contribution is 2.30. The number of benzene rings is 2. The molecule has 1 aliphatic heterocycles. The number of alkyl halides is 4. The number of rotatable bonds is 6. The maximum atomic E-state index is 14.7. The van der Waals surface area contributed by atoms with Crippen molar-refractivity contribution in [1.29, 1.82) is 5.26 Å². The fraction of sp³-hybridized carbons (Fsp3) is 0.250. The van der Waals surface area contributed by atoms with Crippen molar-refractivity contribution in [1.82, 2.24) is 19.6 Å². The third-order valence-electron chi connectivity index (χ3n) is 5.88. The highest BCUT2D eigenvalue weighted by Gasteiger charge is 2.46. The van der Waals surface area contributed by atoms with E-state index in [-0.39, 0.29) is 41.1 Å². The van der Waals surface area contributed by atoms with Crippen molar-refractivity contribution >= 4 is 15.9 Å². The van der Waals surface area contributed by atoms with Crippen molar-refractivity contribution in [2.45, 2.75) is 36.3 Å². The number of nitriles is 1. The van der Waals surface area contributed by atoms with Gasteiger partial charge in [0.2, 0.25) is 21.8 Å². The second kappa shape index (κ2) is 10.4. The topological polar surface area (TPSA) is 116 Å². The van der Waals surface area contributed by atoms with Crippen LogP contribution in [-0.2, 0) is 27.5 Å². The van der Waals surface area contributed by atoms with Gasteiger partial charge in [0.05, 0.1) is 16.5 Å². The minimum Gasteiger partial charge on any atom is -0.350 e. The number of carbonyl (C=O) groups is 1. The fourth-order valence-electron chi connectivity index (χ4n) is 3.97. The molecule has 1 aliphatic rings. The molecule has 1 aromatic heterocycles. The predicted molar refractivity (Wildman–Crippen MR) is 123 cm³/mol. The molecule has 38 heavy (non-hydrogen) atoms. The molecule has 2 aromatic carbocycles. The summed E-state index contributed by atoms with van der Waals surface area (Å²) in [5.74, 6) is -2.94. The van der Waals surface area contributed by atoms with Crippen LogP contribution in [0.2, 0.25) is 0 Å². The zero-order chi connectivity index (χ0) is 27.7. The monoisotopic (exact) mass is 551 g/mol. The van der Waals surface area contributed by atoms with E-state index in [4.69, 9.17) is 0 Å². The molecule has 1 fully saturated rings. The lowest BCUT2D eigenvalue weighted by Gasteiger charge is -2.24. The van der Waals surface area contributed by atoms with Gasteiger partial charge in [0.15, 0.2) is 0 Å². The summed E-state index contributed by atoms with van der Waals surface area (Å²) < 4.78 is 92.9. The van der Waals surface area contributed by atoms with Gasteiger partial charge in [-0.1, -0.05) is 6.07 Å². The second-order valence-electron chi connectivity index (χ2n) is 8.31. The standard InChI is InChI=1S/C24H18F5N5O3S/c25-18-3-5-19(6-4-18)38(36,37)34-8-7-20(26)21(34)22(35)31-11-16-9-14(1-2-15(16)10-30)17-12-32-23(33-13-17)24(27,28)29/h1-6,9,12-13,20-21H,7-8,11H2,(H,31,35)/t20-,21+/m1/s1. The molecule has 1 N–H and O–H groups in total. The van der Waals surface area contributed by atoms with Gasteiger partial charge in [0.1, 0.15) is 18.0 Å². The van der Waals surface area contributed by atoms with Gasteiger partial charge in [-0.3, -0.25) is 4.79 Å². The first-order chi connectivity index (χ1) is 17.9. The van der Waals surface area contributed by atoms with Gasteiger partial charge in [-0.05, 0) is 53.9 Å². The smallest absolute Gasteiger partial charge is 0.350 e. The zero-order valence-electron chi connectivity index (χ0n) is 19.3. The van der Waals surface area contributed by atoms with E-state index in [9.17, 15) is 40.4 Å². The summed E-state index contributed by atoms with van der Waals surface area (Å²) in [6, 6.07) is 8.40. The van der Waals surface area contributed by atoms with E-state index in [1.807, 2.05) is 6.07 Å². The largest absolute Gasteiger partial charge is 0.451 e. The van der Waals surface area contributed by atoms with E-state index in [1.165, 1.54) is 18.2 Å². The Bertz CT molecular complexity index is 1490. The summed E-state index contributed by atoms with van der Waals surface area (Å²) in [7, 11) is -4.32. The molecule has 1 amide bonds. The molecule has 2 atom stereocenters. The van der Waals surface area contributed by atoms with E-state index < -0.39 is 46.0 Å². The third kappa shape index (κ3) is 5.48. The molecule has 8 nitrogen and oxygen atoms in total. The van der Waals surface area contributed by atoms with Gasteiger partial charge < -0.3 is 5.32 Å². The molecule has 0 spiro atoms. The van der Waals surface area contributed by atoms with Crippen molar-refractivity contribution in [2.75, 3.05) is 6.54 Å². The molecule has 3 aromatic rings. The van der Waals surface area contributed by atoms with Crippen molar-refractivity contribution in [3.8, 4) is 17.2 Å². The Hall–Kier alpha value is -3.96. The average molecular weight is 551 g/mol. The summed E-state index contributed by atoms with van der Waals surface area (Å²) in [4.78, 5) is 19.2. The number of aromatic nitrogens is 2. The van der Waals surface area contributed by atoms with Crippen LogP contribution in [0.4, 0.5) is 22.0 Å². The summed E-state index contributed by atoms with van der Waals surface area (Å²) in [6.45, 7) is -0.573. The Morgan fingerprint density at radius 1 is 1.11 bits per heavy atom. The van der Waals surface area contributed by atoms with Crippen LogP contribution in [0.25, 0.3) is 11.1 Å². The maximum Gasteiger partial charge on any atom is 0.451 e. The number of amides is 1. The number of hydrogen-bond donors (Lipinski definition) is 1. The third-order valence-corrected chi connectivity index (χ3v) is 7.78. The minimum absolute atomic E-state index is 0.126. The van der Waals surface area contributed by atoms with E-state index in [2.05, 4.69) is 15.3 Å². The van der Waals surface area contributed by atoms with Gasteiger partial charge in [0, 0.05) is 31.0 Å². The number of carbonyl (C=O) groups excluding carboxylic acids is 1. The first-order valence-corrected chi connectivity index (χ1v) is 12.5. The number of sulfonamides is 1. The SMILES string of the molecule is N#Cc1ccc(-c2cnc(C(F)(F)F)nc2)cc1CNC(=O)[C@@H]1[C@H](F)CCN1S(=O)(=O)c1ccc(F)cc1. The van der Waals surface area contributed by atoms with Gasteiger partial charge in [-0.25, -0.2) is 27.2 Å². The lowest BCUT2D eigenvalue weighted by Crippen LogP contribution is -2.49. The molecule has 2 heterocycles. The molecule has 198 valence electrons. The Balaban J connectivity index is 1.54. The fourth-order valence-corrected chi connectivity index (χ4v) is 5.60. The number of halogens is 5. The summed E-state index contributed by atoms with van der Waals surface area (Å²) in [5.41, 5.74) is 0.943. The summed E-state index contributed by atoms with van der Waals surface area (Å²) >= 11 is 0. The predicted octanol–water partition coefficient (Wildman–Crippen LogP) is 3.59. The number of nitrogens with one attached hydrogen (secondary N) is 1. The molecule has 0 radical (unpaired) electrons. The first-order valence-electron chi connectivity index (χ1n) is 11.0. The van der Waals surface area contributed by atoms with Crippen LogP contribution in [0.3, 0.4) is 0 Å². The molecule has 0 unspecified atom stereocenters. The van der Waals surface area contributed by atoms with Crippen LogP contribution >= 0.6 is 0 Å². The van der Waals surface area contributed by atoms with Crippen LogP contribution in [0.5, 0.6) is 0 Å². The molecular formula is C24H18F5N5O3S. The normalized spacial score (nSPS) is 18.2. The second-order valence-corrected chi connectivity index (χ2v) is 10.2. The minimum atomic E-state index is -4.72. The average Bonchev–Trinajstić information content (AvgIpc) is 3.29. The highest BCUT2D eigenvalue weighted by atomic mass is 32.2. The van der Waals surface area contributed by atoms with Gasteiger partial charge in [-0.2, -0.15) is 22.7 Å². The van der Waals surface area contributed by atoms with Crippen LogP contribution < -0.4 is 5.32 Å². The van der Waals surface area contributed by atoms with Gasteiger partial charge in [-0.15, -0.1) is 0 Å². The quantitative estimate of drug-likeness (QED) is 0.468.